The van der Waals surface area contributed by atoms with E-state index in [9.17, 15) is 0 Å². The maximum Gasteiger partial charge on any atom is 0.0594 e. The molecule has 1 aromatic rings. The molecule has 0 N–H and O–H groups in total. The summed E-state index contributed by atoms with van der Waals surface area (Å²) >= 11 is 0. The van der Waals surface area contributed by atoms with Crippen molar-refractivity contribution in [2.45, 2.75) is 13.5 Å². The number of rotatable bonds is 4. The van der Waals surface area contributed by atoms with Crippen LogP contribution in [0.5, 0.6) is 0 Å². The van der Waals surface area contributed by atoms with E-state index in [1.54, 1.807) is 0 Å². The van der Waals surface area contributed by atoms with Gasteiger partial charge >= 0.3 is 0 Å². The molecule has 23 heavy (non-hydrogen) atoms. The van der Waals surface area contributed by atoms with Crippen molar-refractivity contribution >= 4 is 0 Å². The van der Waals surface area contributed by atoms with Gasteiger partial charge in [0.1, 0.15) is 0 Å². The lowest BCUT2D eigenvalue weighted by atomic mass is 9.80. The van der Waals surface area contributed by atoms with E-state index >= 15 is 0 Å². The van der Waals surface area contributed by atoms with E-state index in [1.165, 1.54) is 30.8 Å². The minimum absolute atomic E-state index is 0.333. The van der Waals surface area contributed by atoms with Gasteiger partial charge in [-0.2, -0.15) is 0 Å². The molecule has 126 valence electrons. The third-order valence-corrected chi connectivity index (χ3v) is 5.89. The molecule has 1 aromatic carbocycles. The fourth-order valence-electron chi connectivity index (χ4n) is 4.52. The van der Waals surface area contributed by atoms with Crippen LogP contribution >= 0.6 is 0 Å². The minimum atomic E-state index is 0.333. The first-order chi connectivity index (χ1) is 11.3. The Kier molecular flexibility index (Phi) is 4.41. The number of hydrogen-bond donors (Lipinski definition) is 0. The molecule has 0 amide bonds. The van der Waals surface area contributed by atoms with Gasteiger partial charge in [0.25, 0.3) is 0 Å². The van der Waals surface area contributed by atoms with Gasteiger partial charge in [-0.05, 0) is 18.1 Å². The predicted molar refractivity (Wildman–Crippen MR) is 90.5 cm³/mol. The number of likely N-dealkylation sites (tertiary alicyclic amines) is 1. The van der Waals surface area contributed by atoms with Crippen LogP contribution in [0, 0.1) is 18.3 Å². The van der Waals surface area contributed by atoms with Gasteiger partial charge in [-0.1, -0.05) is 24.3 Å². The fourth-order valence-corrected chi connectivity index (χ4v) is 4.52. The van der Waals surface area contributed by atoms with Crippen LogP contribution in [0.4, 0.5) is 0 Å². The Hall–Kier alpha value is -0.940. The van der Waals surface area contributed by atoms with Crippen molar-refractivity contribution in [2.24, 2.45) is 11.3 Å². The molecular weight excluding hydrogens is 288 g/mol. The van der Waals surface area contributed by atoms with Crippen LogP contribution in [-0.4, -0.2) is 69.0 Å². The maximum absolute atomic E-state index is 5.89. The Balaban J connectivity index is 1.44. The zero-order chi connectivity index (χ0) is 15.7. The van der Waals surface area contributed by atoms with Crippen molar-refractivity contribution in [2.75, 3.05) is 59.2 Å². The van der Waals surface area contributed by atoms with E-state index in [1.807, 2.05) is 0 Å². The average molecular weight is 316 g/mol. The molecule has 3 aliphatic heterocycles. The second kappa shape index (κ2) is 6.52. The summed E-state index contributed by atoms with van der Waals surface area (Å²) in [5, 5.41) is 0. The minimum Gasteiger partial charge on any atom is -0.380 e. The topological polar surface area (TPSA) is 24.9 Å². The van der Waals surface area contributed by atoms with Crippen molar-refractivity contribution in [1.82, 2.24) is 9.80 Å². The molecule has 3 fully saturated rings. The molecule has 0 spiro atoms. The monoisotopic (exact) mass is 316 g/mol. The lowest BCUT2D eigenvalue weighted by molar-refractivity contribution is 0.0102. The van der Waals surface area contributed by atoms with Crippen LogP contribution in [0.3, 0.4) is 0 Å². The number of aryl methyl sites for hydroxylation is 1. The summed E-state index contributed by atoms with van der Waals surface area (Å²) in [7, 11) is 0. The number of nitrogens with zero attached hydrogens (tertiary/aromatic N) is 2. The van der Waals surface area contributed by atoms with Crippen LogP contribution in [0.2, 0.25) is 0 Å². The molecule has 3 heterocycles. The number of ether oxygens (including phenoxy) is 2. The van der Waals surface area contributed by atoms with Gasteiger partial charge in [0.15, 0.2) is 0 Å². The summed E-state index contributed by atoms with van der Waals surface area (Å²) in [6, 6.07) is 8.78. The van der Waals surface area contributed by atoms with E-state index in [0.29, 0.717) is 11.3 Å². The van der Waals surface area contributed by atoms with Gasteiger partial charge in [0, 0.05) is 50.6 Å². The molecular formula is C19H28N2O2. The summed E-state index contributed by atoms with van der Waals surface area (Å²) in [6.07, 6.45) is 0. The first-order valence-electron chi connectivity index (χ1n) is 8.90. The standard InChI is InChI=1S/C19H28N2O2/c1-16-4-2-3-5-17(16)10-21-11-18-12-23-15-19(18,14-21)13-20-6-8-22-9-7-20/h2-5,18H,6-15H2,1H3/t18-,19+/m0/s1. The third-order valence-electron chi connectivity index (χ3n) is 5.89. The van der Waals surface area contributed by atoms with Crippen molar-refractivity contribution < 1.29 is 9.47 Å². The summed E-state index contributed by atoms with van der Waals surface area (Å²) in [4.78, 5) is 5.23. The van der Waals surface area contributed by atoms with Crippen molar-refractivity contribution in [1.29, 1.82) is 0 Å². The summed E-state index contributed by atoms with van der Waals surface area (Å²) < 4.78 is 11.4. The number of hydrogen-bond acceptors (Lipinski definition) is 4. The first-order valence-corrected chi connectivity index (χ1v) is 8.90. The van der Waals surface area contributed by atoms with Crippen LogP contribution in [0.1, 0.15) is 11.1 Å². The molecule has 4 rings (SSSR count). The Morgan fingerprint density at radius 3 is 2.78 bits per heavy atom. The molecule has 0 aromatic heterocycles. The second-order valence-corrected chi connectivity index (χ2v) is 7.56. The largest absolute Gasteiger partial charge is 0.380 e. The quantitative estimate of drug-likeness (QED) is 0.845. The highest BCUT2D eigenvalue weighted by atomic mass is 16.5. The number of morpholine rings is 1. The van der Waals surface area contributed by atoms with Gasteiger partial charge < -0.3 is 9.47 Å². The lowest BCUT2D eigenvalue weighted by Gasteiger charge is -2.36. The Labute approximate surface area is 139 Å². The van der Waals surface area contributed by atoms with E-state index in [2.05, 4.69) is 41.0 Å². The highest BCUT2D eigenvalue weighted by Gasteiger charge is 2.51. The summed E-state index contributed by atoms with van der Waals surface area (Å²) in [5.41, 5.74) is 3.21. The third kappa shape index (κ3) is 3.18. The molecule has 0 bridgehead atoms. The predicted octanol–water partition coefficient (Wildman–Crippen LogP) is 1.78. The normalized spacial score (nSPS) is 32.3. The number of benzene rings is 1. The highest BCUT2D eigenvalue weighted by molar-refractivity contribution is 5.25. The highest BCUT2D eigenvalue weighted by Crippen LogP contribution is 2.42. The van der Waals surface area contributed by atoms with Gasteiger partial charge in [0.05, 0.1) is 26.4 Å². The van der Waals surface area contributed by atoms with Gasteiger partial charge in [-0.25, -0.2) is 0 Å². The summed E-state index contributed by atoms with van der Waals surface area (Å²) in [6.45, 7) is 12.6. The summed E-state index contributed by atoms with van der Waals surface area (Å²) in [5.74, 6) is 0.689. The zero-order valence-electron chi connectivity index (χ0n) is 14.2. The van der Waals surface area contributed by atoms with Crippen LogP contribution in [-0.2, 0) is 16.0 Å². The first kappa shape index (κ1) is 15.6. The smallest absolute Gasteiger partial charge is 0.0594 e. The van der Waals surface area contributed by atoms with Crippen molar-refractivity contribution in [3.8, 4) is 0 Å². The molecule has 4 heteroatoms. The van der Waals surface area contributed by atoms with Gasteiger partial charge in [0.2, 0.25) is 0 Å². The molecule has 0 saturated carbocycles. The van der Waals surface area contributed by atoms with E-state index in [-0.39, 0.29) is 0 Å². The molecule has 0 radical (unpaired) electrons. The van der Waals surface area contributed by atoms with E-state index < -0.39 is 0 Å². The van der Waals surface area contributed by atoms with Crippen LogP contribution < -0.4 is 0 Å². The molecule has 3 saturated heterocycles. The van der Waals surface area contributed by atoms with Crippen molar-refractivity contribution in [3.63, 3.8) is 0 Å². The van der Waals surface area contributed by atoms with Crippen molar-refractivity contribution in [3.05, 3.63) is 35.4 Å². The van der Waals surface area contributed by atoms with E-state index in [0.717, 1.165) is 46.1 Å². The van der Waals surface area contributed by atoms with E-state index in [4.69, 9.17) is 9.47 Å². The molecule has 2 atom stereocenters. The fraction of sp³-hybridized carbons (Fsp3) is 0.684. The zero-order valence-corrected chi connectivity index (χ0v) is 14.2. The van der Waals surface area contributed by atoms with Crippen LogP contribution in [0.15, 0.2) is 24.3 Å². The Morgan fingerprint density at radius 1 is 1.13 bits per heavy atom. The van der Waals surface area contributed by atoms with Gasteiger partial charge in [-0.15, -0.1) is 0 Å². The number of fused-ring (bicyclic) bond motifs is 1. The average Bonchev–Trinajstić information content (AvgIpc) is 3.07. The van der Waals surface area contributed by atoms with Crippen LogP contribution in [0.25, 0.3) is 0 Å². The van der Waals surface area contributed by atoms with Gasteiger partial charge in [-0.3, -0.25) is 9.80 Å². The Bertz CT molecular complexity index is 544. The Morgan fingerprint density at radius 2 is 1.96 bits per heavy atom. The second-order valence-electron chi connectivity index (χ2n) is 7.56. The molecule has 0 unspecified atom stereocenters. The SMILES string of the molecule is Cc1ccccc1CN1C[C@H]2COC[C@@]2(CN2CCOCC2)C1. The lowest BCUT2D eigenvalue weighted by Crippen LogP contribution is -2.47. The maximum atomic E-state index is 5.89. The molecule has 3 aliphatic rings. The molecule has 4 nitrogen and oxygen atoms in total. The molecule has 0 aliphatic carbocycles.